The molecule has 1 aliphatic rings. The van der Waals surface area contributed by atoms with Crippen molar-refractivity contribution >= 4 is 26.6 Å². The van der Waals surface area contributed by atoms with Crippen molar-refractivity contribution < 1.29 is 26.4 Å². The molecular weight excluding hydrogens is 481 g/mol. The third-order valence-corrected chi connectivity index (χ3v) is 7.53. The van der Waals surface area contributed by atoms with E-state index in [1.807, 2.05) is 6.07 Å². The van der Waals surface area contributed by atoms with Crippen LogP contribution in [0.25, 0.3) is 10.9 Å². The maximum absolute atomic E-state index is 14.2. The van der Waals surface area contributed by atoms with Gasteiger partial charge in [0.05, 0.1) is 17.6 Å². The van der Waals surface area contributed by atoms with Crippen molar-refractivity contribution in [2.45, 2.75) is 42.4 Å². The fraction of sp³-hybridized carbons (Fsp3) is 0.333. The van der Waals surface area contributed by atoms with Crippen LogP contribution < -0.4 is 10.6 Å². The number of fused-ring (bicyclic) bond motifs is 1. The number of H-pyrrole nitrogens is 1. The van der Waals surface area contributed by atoms with Crippen LogP contribution in [0.15, 0.2) is 60.8 Å². The van der Waals surface area contributed by atoms with Gasteiger partial charge in [-0.15, -0.1) is 0 Å². The number of hydrogen-bond acceptors (Lipinski definition) is 5. The van der Waals surface area contributed by atoms with Gasteiger partial charge in [0.1, 0.15) is 17.6 Å². The number of alkyl halides is 3. The maximum Gasteiger partial charge on any atom is 0.408 e. The summed E-state index contributed by atoms with van der Waals surface area (Å²) in [5.41, 5.74) is -0.411. The summed E-state index contributed by atoms with van der Waals surface area (Å²) < 4.78 is 68.5. The molecule has 35 heavy (non-hydrogen) atoms. The summed E-state index contributed by atoms with van der Waals surface area (Å²) in [6.45, 7) is 0. The second-order valence-corrected chi connectivity index (χ2v) is 10.8. The normalized spacial score (nSPS) is 16.9. The zero-order chi connectivity index (χ0) is 25.3. The Morgan fingerprint density at radius 3 is 2.40 bits per heavy atom. The molecule has 3 N–H and O–H groups in total. The number of halogens is 3. The van der Waals surface area contributed by atoms with Gasteiger partial charge in [-0.2, -0.15) is 18.4 Å². The molecule has 1 amide bonds. The number of amides is 1. The minimum absolute atomic E-state index is 0.159. The van der Waals surface area contributed by atoms with Crippen LogP contribution in [0.5, 0.6) is 0 Å². The lowest BCUT2D eigenvalue weighted by Gasteiger charge is -2.27. The number of nitriles is 1. The average molecular weight is 505 g/mol. The number of aromatic amines is 1. The Bertz CT molecular complexity index is 1360. The zero-order valence-corrected chi connectivity index (χ0v) is 19.3. The molecule has 1 saturated carbocycles. The van der Waals surface area contributed by atoms with E-state index in [4.69, 9.17) is 0 Å². The van der Waals surface area contributed by atoms with Gasteiger partial charge in [0.25, 0.3) is 0 Å². The zero-order valence-electron chi connectivity index (χ0n) is 18.5. The molecule has 2 atom stereocenters. The predicted octanol–water partition coefficient (Wildman–Crippen LogP) is 3.52. The van der Waals surface area contributed by atoms with Crippen LogP contribution in [0.2, 0.25) is 0 Å². The van der Waals surface area contributed by atoms with Gasteiger partial charge in [-0.3, -0.25) is 10.1 Å². The number of hydrogen-bond donors (Lipinski definition) is 3. The lowest BCUT2D eigenvalue weighted by molar-refractivity contribution is -0.160. The molecule has 1 aliphatic carbocycles. The molecule has 7 nitrogen and oxygen atoms in total. The second-order valence-electron chi connectivity index (χ2n) is 8.71. The van der Waals surface area contributed by atoms with Gasteiger partial charge in [-0.25, -0.2) is 8.42 Å². The van der Waals surface area contributed by atoms with E-state index in [1.54, 1.807) is 48.5 Å². The third kappa shape index (κ3) is 5.83. The predicted molar refractivity (Wildman–Crippen MR) is 124 cm³/mol. The highest BCUT2D eigenvalue weighted by Gasteiger charge is 2.48. The largest absolute Gasteiger partial charge is 0.408 e. The monoisotopic (exact) mass is 504 g/mol. The minimum Gasteiger partial charge on any atom is -0.361 e. The summed E-state index contributed by atoms with van der Waals surface area (Å²) in [4.78, 5) is 15.8. The Hall–Kier alpha value is -3.36. The first-order valence-corrected chi connectivity index (χ1v) is 12.7. The number of para-hydroxylation sites is 1. The van der Waals surface area contributed by atoms with Crippen molar-refractivity contribution in [1.29, 1.82) is 5.26 Å². The van der Waals surface area contributed by atoms with E-state index in [-0.39, 0.29) is 5.56 Å². The van der Waals surface area contributed by atoms with Crippen LogP contribution in [-0.2, 0) is 20.4 Å². The van der Waals surface area contributed by atoms with E-state index >= 15 is 0 Å². The average Bonchev–Trinajstić information content (AvgIpc) is 3.45. The molecule has 1 heterocycles. The van der Waals surface area contributed by atoms with Crippen molar-refractivity contribution in [2.75, 3.05) is 5.75 Å². The summed E-state index contributed by atoms with van der Waals surface area (Å²) in [5.74, 6) is -2.27. The number of rotatable bonds is 9. The Balaban J connectivity index is 1.66. The molecule has 0 unspecified atom stereocenters. The van der Waals surface area contributed by atoms with E-state index in [1.165, 1.54) is 12.3 Å². The second kappa shape index (κ2) is 9.36. The summed E-state index contributed by atoms with van der Waals surface area (Å²) in [7, 11) is -4.00. The standard InChI is InChI=1S/C24H23F3N4O3S/c25-24(26,27)21(18-12-29-19-9-5-4-8-17(18)19)30-20(22(32)31-23(15-28)10-11-23)14-35(33,34)13-16-6-2-1-3-7-16/h1-9,12,20-21,29-30H,10-11,13-14H2,(H,31,32)/t20-,21-/m0/s1. The molecule has 11 heteroatoms. The van der Waals surface area contributed by atoms with Crippen molar-refractivity contribution in [3.63, 3.8) is 0 Å². The lowest BCUT2D eigenvalue weighted by atomic mass is 10.0. The van der Waals surface area contributed by atoms with Gasteiger partial charge >= 0.3 is 6.18 Å². The lowest BCUT2D eigenvalue weighted by Crippen LogP contribution is -2.54. The fourth-order valence-electron chi connectivity index (χ4n) is 3.95. The molecule has 1 fully saturated rings. The molecule has 0 radical (unpaired) electrons. The van der Waals surface area contributed by atoms with Crippen molar-refractivity contribution in [2.24, 2.45) is 0 Å². The van der Waals surface area contributed by atoms with Gasteiger partial charge in [-0.05, 0) is 24.5 Å². The quantitative estimate of drug-likeness (QED) is 0.413. The van der Waals surface area contributed by atoms with E-state index in [0.29, 0.717) is 29.3 Å². The number of carbonyl (C=O) groups excluding carboxylic acids is 1. The summed E-state index contributed by atoms with van der Waals surface area (Å²) in [6.07, 6.45) is -2.94. The molecule has 184 valence electrons. The van der Waals surface area contributed by atoms with Gasteiger partial charge < -0.3 is 10.3 Å². The Morgan fingerprint density at radius 2 is 1.77 bits per heavy atom. The van der Waals surface area contributed by atoms with Gasteiger partial charge in [-0.1, -0.05) is 48.5 Å². The number of nitrogens with zero attached hydrogens (tertiary/aromatic N) is 1. The van der Waals surface area contributed by atoms with Gasteiger partial charge in [0.15, 0.2) is 9.84 Å². The number of nitrogens with one attached hydrogen (secondary N) is 3. The highest BCUT2D eigenvalue weighted by Crippen LogP contribution is 2.37. The van der Waals surface area contributed by atoms with Crippen LogP contribution in [0, 0.1) is 11.3 Å². The topological polar surface area (TPSA) is 115 Å². The first-order chi connectivity index (χ1) is 16.5. The molecular formula is C24H23F3N4O3S. The van der Waals surface area contributed by atoms with Crippen LogP contribution in [0.1, 0.15) is 30.0 Å². The van der Waals surface area contributed by atoms with Crippen molar-refractivity contribution in [1.82, 2.24) is 15.6 Å². The van der Waals surface area contributed by atoms with Crippen LogP contribution >= 0.6 is 0 Å². The Kier molecular flexibility index (Phi) is 6.62. The van der Waals surface area contributed by atoms with Gasteiger partial charge in [0, 0.05) is 22.7 Å². The molecule has 4 rings (SSSR count). The van der Waals surface area contributed by atoms with E-state index in [9.17, 15) is 31.6 Å². The first-order valence-electron chi connectivity index (χ1n) is 10.9. The molecule has 3 aromatic rings. The number of aromatic nitrogens is 1. The van der Waals surface area contributed by atoms with E-state index in [0.717, 1.165) is 0 Å². The number of carbonyl (C=O) groups is 1. The number of sulfone groups is 1. The summed E-state index contributed by atoms with van der Waals surface area (Å²) in [6, 6.07) is 12.4. The highest BCUT2D eigenvalue weighted by atomic mass is 32.2. The minimum atomic E-state index is -4.83. The third-order valence-electron chi connectivity index (χ3n) is 5.92. The molecule has 0 bridgehead atoms. The van der Waals surface area contributed by atoms with Crippen molar-refractivity contribution in [3.05, 3.63) is 71.9 Å². The molecule has 0 aliphatic heterocycles. The molecule has 1 aromatic heterocycles. The molecule has 2 aromatic carbocycles. The van der Waals surface area contributed by atoms with Crippen LogP contribution in [0.3, 0.4) is 0 Å². The Morgan fingerprint density at radius 1 is 1.11 bits per heavy atom. The fourth-order valence-corrected chi connectivity index (χ4v) is 5.52. The van der Waals surface area contributed by atoms with Gasteiger partial charge in [0.2, 0.25) is 5.91 Å². The maximum atomic E-state index is 14.2. The van der Waals surface area contributed by atoms with Crippen molar-refractivity contribution in [3.8, 4) is 6.07 Å². The van der Waals surface area contributed by atoms with E-state index in [2.05, 4.69) is 15.6 Å². The molecule has 0 saturated heterocycles. The molecule has 0 spiro atoms. The summed E-state index contributed by atoms with van der Waals surface area (Å²) in [5, 5.41) is 14.3. The first kappa shape index (κ1) is 24.8. The highest BCUT2D eigenvalue weighted by molar-refractivity contribution is 7.90. The SMILES string of the molecule is N#CC1(NC(=O)[C@H](CS(=O)(=O)Cc2ccccc2)N[C@@H](c2c[nH]c3ccccc23)C(F)(F)F)CC1. The summed E-state index contributed by atoms with van der Waals surface area (Å²) >= 11 is 0. The smallest absolute Gasteiger partial charge is 0.361 e. The number of benzene rings is 2. The van der Waals surface area contributed by atoms with E-state index < -0.39 is 51.0 Å². The Labute approximate surface area is 200 Å². The van der Waals surface area contributed by atoms with Crippen LogP contribution in [0.4, 0.5) is 13.2 Å². The van der Waals surface area contributed by atoms with Crippen LogP contribution in [-0.4, -0.2) is 42.8 Å².